The Morgan fingerprint density at radius 3 is 2.88 bits per heavy atom. The maximum atomic E-state index is 12.5. The van der Waals surface area contributed by atoms with Gasteiger partial charge in [-0.3, -0.25) is 9.69 Å². The van der Waals surface area contributed by atoms with Gasteiger partial charge >= 0.3 is 0 Å². The summed E-state index contributed by atoms with van der Waals surface area (Å²) in [7, 11) is 0. The number of amides is 1. The second-order valence-corrected chi connectivity index (χ2v) is 6.59. The van der Waals surface area contributed by atoms with Gasteiger partial charge in [-0.25, -0.2) is 0 Å². The van der Waals surface area contributed by atoms with Gasteiger partial charge < -0.3 is 9.26 Å². The fourth-order valence-electron chi connectivity index (χ4n) is 2.72. The molecule has 0 N–H and O–H groups in total. The number of nitrogens with zero attached hydrogens (tertiary/aromatic N) is 3. The Morgan fingerprint density at radius 1 is 1.20 bits per heavy atom. The molecule has 1 aliphatic heterocycles. The predicted molar refractivity (Wildman–Crippen MR) is 95.2 cm³/mol. The van der Waals surface area contributed by atoms with Crippen LogP contribution in [0.25, 0.3) is 11.4 Å². The van der Waals surface area contributed by atoms with E-state index in [2.05, 4.69) is 26.1 Å². The van der Waals surface area contributed by atoms with E-state index in [4.69, 9.17) is 9.26 Å². The average molecular weight is 400 g/mol. The fraction of sp³-hybridized carbons (Fsp3) is 0.167. The van der Waals surface area contributed by atoms with Gasteiger partial charge in [0.15, 0.2) is 6.10 Å². The summed E-state index contributed by atoms with van der Waals surface area (Å²) < 4.78 is 11.9. The molecule has 0 unspecified atom stereocenters. The lowest BCUT2D eigenvalue weighted by Gasteiger charge is -2.31. The Bertz CT molecular complexity index is 941. The highest BCUT2D eigenvalue weighted by molar-refractivity contribution is 9.10. The van der Waals surface area contributed by atoms with Crippen LogP contribution >= 0.6 is 15.9 Å². The number of hydrogen-bond acceptors (Lipinski definition) is 5. The van der Waals surface area contributed by atoms with Crippen LogP contribution in [0.5, 0.6) is 5.75 Å². The molecule has 4 rings (SSSR count). The molecule has 1 aromatic heterocycles. The van der Waals surface area contributed by atoms with Gasteiger partial charge in [0.05, 0.1) is 5.69 Å². The molecule has 2 heterocycles. The molecule has 1 aliphatic rings. The molecule has 2 aromatic carbocycles. The number of anilines is 1. The molecule has 7 heteroatoms. The molecule has 1 atom stereocenters. The van der Waals surface area contributed by atoms with E-state index in [0.29, 0.717) is 23.2 Å². The number of rotatable bonds is 3. The molecule has 0 fully saturated rings. The van der Waals surface area contributed by atoms with Crippen molar-refractivity contribution in [1.82, 2.24) is 10.1 Å². The first-order chi connectivity index (χ1) is 12.1. The van der Waals surface area contributed by atoms with Gasteiger partial charge in [-0.15, -0.1) is 0 Å². The van der Waals surface area contributed by atoms with E-state index in [0.717, 1.165) is 10.0 Å². The molecule has 0 bridgehead atoms. The van der Waals surface area contributed by atoms with E-state index in [1.807, 2.05) is 48.5 Å². The monoisotopic (exact) mass is 399 g/mol. The third-order valence-corrected chi connectivity index (χ3v) is 4.41. The van der Waals surface area contributed by atoms with E-state index in [1.54, 1.807) is 11.8 Å². The number of carbonyl (C=O) groups is 1. The van der Waals surface area contributed by atoms with Gasteiger partial charge in [-0.05, 0) is 31.2 Å². The summed E-state index contributed by atoms with van der Waals surface area (Å²) in [5.74, 6) is 1.38. The second-order valence-electron chi connectivity index (χ2n) is 5.67. The summed E-state index contributed by atoms with van der Waals surface area (Å²) in [5.41, 5.74) is 1.54. The Kier molecular flexibility index (Phi) is 4.01. The van der Waals surface area contributed by atoms with Crippen LogP contribution in [-0.4, -0.2) is 22.2 Å². The lowest BCUT2D eigenvalue weighted by atomic mass is 10.2. The highest BCUT2D eigenvalue weighted by Crippen LogP contribution is 2.34. The van der Waals surface area contributed by atoms with Crippen molar-refractivity contribution in [2.75, 3.05) is 4.90 Å². The standard InChI is InChI=1S/C18H14BrN3O3/c1-11-18(23)22(14-7-2-3-8-15(14)24-11)10-16-20-17(21-25-16)12-5-4-6-13(19)9-12/h2-9,11H,10H2,1H3/t11-/m0/s1. The van der Waals surface area contributed by atoms with Crippen LogP contribution in [0.3, 0.4) is 0 Å². The van der Waals surface area contributed by atoms with Crippen molar-refractivity contribution in [2.45, 2.75) is 19.6 Å². The number of ether oxygens (including phenoxy) is 1. The van der Waals surface area contributed by atoms with Gasteiger partial charge in [0, 0.05) is 10.0 Å². The quantitative estimate of drug-likeness (QED) is 0.669. The van der Waals surface area contributed by atoms with Crippen LogP contribution in [-0.2, 0) is 11.3 Å². The Balaban J connectivity index is 1.63. The Morgan fingerprint density at radius 2 is 2.04 bits per heavy atom. The van der Waals surface area contributed by atoms with E-state index >= 15 is 0 Å². The summed E-state index contributed by atoms with van der Waals surface area (Å²) in [6.45, 7) is 1.93. The summed E-state index contributed by atoms with van der Waals surface area (Å²) in [6, 6.07) is 15.0. The summed E-state index contributed by atoms with van der Waals surface area (Å²) in [6.07, 6.45) is -0.553. The molecule has 126 valence electrons. The molecule has 0 saturated carbocycles. The van der Waals surface area contributed by atoms with Gasteiger partial charge in [0.1, 0.15) is 12.3 Å². The van der Waals surface area contributed by atoms with E-state index in [-0.39, 0.29) is 12.5 Å². The molecular weight excluding hydrogens is 386 g/mol. The summed E-state index contributed by atoms with van der Waals surface area (Å²) >= 11 is 3.43. The van der Waals surface area contributed by atoms with Gasteiger partial charge in [-0.1, -0.05) is 45.4 Å². The topological polar surface area (TPSA) is 68.5 Å². The van der Waals surface area contributed by atoms with Gasteiger partial charge in [0.2, 0.25) is 11.7 Å². The smallest absolute Gasteiger partial charge is 0.268 e. The van der Waals surface area contributed by atoms with Gasteiger partial charge in [-0.2, -0.15) is 4.98 Å². The first-order valence-electron chi connectivity index (χ1n) is 7.77. The van der Waals surface area contributed by atoms with Crippen molar-refractivity contribution in [1.29, 1.82) is 0 Å². The number of para-hydroxylation sites is 2. The lowest BCUT2D eigenvalue weighted by molar-refractivity contribution is -0.125. The third kappa shape index (κ3) is 3.02. The van der Waals surface area contributed by atoms with Crippen LogP contribution < -0.4 is 9.64 Å². The highest BCUT2D eigenvalue weighted by Gasteiger charge is 2.32. The van der Waals surface area contributed by atoms with E-state index < -0.39 is 6.10 Å². The molecule has 25 heavy (non-hydrogen) atoms. The molecule has 0 aliphatic carbocycles. The number of fused-ring (bicyclic) bond motifs is 1. The Labute approximate surface area is 152 Å². The van der Waals surface area contributed by atoms with Crippen LogP contribution in [0.4, 0.5) is 5.69 Å². The Hall–Kier alpha value is -2.67. The highest BCUT2D eigenvalue weighted by atomic mass is 79.9. The first-order valence-corrected chi connectivity index (χ1v) is 8.57. The lowest BCUT2D eigenvalue weighted by Crippen LogP contribution is -2.44. The van der Waals surface area contributed by atoms with Crippen LogP contribution in [0.2, 0.25) is 0 Å². The zero-order valence-electron chi connectivity index (χ0n) is 13.3. The summed E-state index contributed by atoms with van der Waals surface area (Å²) in [4.78, 5) is 18.5. The van der Waals surface area contributed by atoms with E-state index in [1.165, 1.54) is 0 Å². The van der Waals surface area contributed by atoms with Crippen molar-refractivity contribution in [3.05, 3.63) is 58.9 Å². The van der Waals surface area contributed by atoms with Crippen LogP contribution in [0.15, 0.2) is 57.5 Å². The minimum atomic E-state index is -0.553. The maximum Gasteiger partial charge on any atom is 0.268 e. The molecule has 6 nitrogen and oxygen atoms in total. The normalized spacial score (nSPS) is 16.5. The second kappa shape index (κ2) is 6.33. The maximum absolute atomic E-state index is 12.5. The zero-order chi connectivity index (χ0) is 17.4. The molecule has 0 saturated heterocycles. The SMILES string of the molecule is C[C@@H]1Oc2ccccc2N(Cc2nc(-c3cccc(Br)c3)no2)C1=O. The zero-order valence-corrected chi connectivity index (χ0v) is 14.9. The van der Waals surface area contributed by atoms with E-state index in [9.17, 15) is 4.79 Å². The van der Waals surface area contributed by atoms with Crippen molar-refractivity contribution in [3.8, 4) is 17.1 Å². The number of carbonyl (C=O) groups excluding carboxylic acids is 1. The minimum Gasteiger partial charge on any atom is -0.479 e. The molecule has 3 aromatic rings. The largest absolute Gasteiger partial charge is 0.479 e. The molecule has 0 spiro atoms. The average Bonchev–Trinajstić information content (AvgIpc) is 3.08. The van der Waals surface area contributed by atoms with Crippen LogP contribution in [0.1, 0.15) is 12.8 Å². The van der Waals surface area contributed by atoms with Gasteiger partial charge in [0.25, 0.3) is 5.91 Å². The third-order valence-electron chi connectivity index (χ3n) is 3.92. The van der Waals surface area contributed by atoms with Crippen molar-refractivity contribution in [2.24, 2.45) is 0 Å². The van der Waals surface area contributed by atoms with Crippen molar-refractivity contribution < 1.29 is 14.1 Å². The minimum absolute atomic E-state index is 0.138. The molecular formula is C18H14BrN3O3. The summed E-state index contributed by atoms with van der Waals surface area (Å²) in [5, 5.41) is 4.02. The molecule has 1 amide bonds. The predicted octanol–water partition coefficient (Wildman–Crippen LogP) is 3.81. The van der Waals surface area contributed by atoms with Crippen molar-refractivity contribution >= 4 is 27.5 Å². The number of benzene rings is 2. The van der Waals surface area contributed by atoms with Crippen LogP contribution in [0, 0.1) is 0 Å². The first kappa shape index (κ1) is 15.8. The number of halogens is 1. The van der Waals surface area contributed by atoms with Crippen molar-refractivity contribution in [3.63, 3.8) is 0 Å². The number of hydrogen-bond donors (Lipinski definition) is 0. The molecule has 0 radical (unpaired) electrons. The number of aromatic nitrogens is 2. The fourth-order valence-corrected chi connectivity index (χ4v) is 3.12.